The predicted molar refractivity (Wildman–Crippen MR) is 125 cm³/mol. The molecule has 5 rings (SSSR count). The maximum atomic E-state index is 12.5. The van der Waals surface area contributed by atoms with Crippen molar-refractivity contribution < 1.29 is 38.0 Å². The number of unbranched alkanes of at least 4 members (excludes halogenated alkanes) is 1. The molecule has 0 spiro atoms. The summed E-state index contributed by atoms with van der Waals surface area (Å²) in [4.78, 5) is 24.8. The lowest BCUT2D eigenvalue weighted by Crippen LogP contribution is -2.25. The Bertz CT molecular complexity index is 999. The molecule has 0 radical (unpaired) electrons. The number of ether oxygens (including phenoxy) is 6. The third kappa shape index (κ3) is 7.04. The van der Waals surface area contributed by atoms with Gasteiger partial charge in [0.2, 0.25) is 0 Å². The van der Waals surface area contributed by atoms with Crippen LogP contribution in [0, 0.1) is 5.92 Å². The molecular weight excluding hydrogens is 452 g/mol. The largest absolute Gasteiger partial charge is 0.494 e. The van der Waals surface area contributed by atoms with Crippen LogP contribution in [0.2, 0.25) is 0 Å². The van der Waals surface area contributed by atoms with E-state index in [2.05, 4.69) is 0 Å². The minimum absolute atomic E-state index is 0.121. The Morgan fingerprint density at radius 1 is 0.829 bits per heavy atom. The summed E-state index contributed by atoms with van der Waals surface area (Å²) in [6.07, 6.45) is 5.12. The smallest absolute Gasteiger partial charge is 0.343 e. The van der Waals surface area contributed by atoms with Crippen molar-refractivity contribution in [3.63, 3.8) is 0 Å². The van der Waals surface area contributed by atoms with Crippen LogP contribution in [-0.4, -0.2) is 56.7 Å². The van der Waals surface area contributed by atoms with Gasteiger partial charge < -0.3 is 28.4 Å². The summed E-state index contributed by atoms with van der Waals surface area (Å²) in [5, 5.41) is 0. The van der Waals surface area contributed by atoms with E-state index in [0.717, 1.165) is 38.7 Å². The second kappa shape index (κ2) is 11.2. The molecule has 2 aromatic carbocycles. The predicted octanol–water partition coefficient (Wildman–Crippen LogP) is 3.95. The molecule has 2 saturated heterocycles. The van der Waals surface area contributed by atoms with Gasteiger partial charge in [0.25, 0.3) is 0 Å². The number of carbonyl (C=O) groups excluding carboxylic acids is 2. The zero-order valence-electron chi connectivity index (χ0n) is 19.6. The third-order valence-electron chi connectivity index (χ3n) is 6.34. The number of hydrogen-bond donors (Lipinski definition) is 0. The third-order valence-corrected chi connectivity index (χ3v) is 6.34. The molecule has 8 nitrogen and oxygen atoms in total. The lowest BCUT2D eigenvalue weighted by molar-refractivity contribution is -0.139. The van der Waals surface area contributed by atoms with Crippen molar-refractivity contribution >= 4 is 11.9 Å². The molecule has 35 heavy (non-hydrogen) atoms. The number of carbonyl (C=O) groups is 2. The van der Waals surface area contributed by atoms with Gasteiger partial charge >= 0.3 is 11.9 Å². The standard InChI is InChI=1S/C27H30O8/c28-26(18-3-6-20(7-4-18)31-14-2-1-13-30-16-23-17-32-23)33-21-8-10-22(11-9-21)34-27(29)19-5-12-24-25(15-19)35-24/h3-4,6-11,19,23-25H,1-2,5,12-17H2. The molecule has 2 aromatic rings. The monoisotopic (exact) mass is 482 g/mol. The van der Waals surface area contributed by atoms with Crippen molar-refractivity contribution in [2.24, 2.45) is 5.92 Å². The van der Waals surface area contributed by atoms with E-state index in [9.17, 15) is 9.59 Å². The van der Waals surface area contributed by atoms with Crippen LogP contribution in [0.3, 0.4) is 0 Å². The fraction of sp³-hybridized carbons (Fsp3) is 0.481. The quantitative estimate of drug-likeness (QED) is 0.194. The van der Waals surface area contributed by atoms with Gasteiger partial charge in [-0.05, 0) is 80.6 Å². The van der Waals surface area contributed by atoms with Gasteiger partial charge in [0.1, 0.15) is 23.4 Å². The number of esters is 2. The highest BCUT2D eigenvalue weighted by Crippen LogP contribution is 2.40. The second-order valence-corrected chi connectivity index (χ2v) is 9.12. The van der Waals surface area contributed by atoms with Gasteiger partial charge in [-0.3, -0.25) is 4.79 Å². The van der Waals surface area contributed by atoms with Gasteiger partial charge in [-0.2, -0.15) is 0 Å². The first-order chi connectivity index (χ1) is 17.1. The highest BCUT2D eigenvalue weighted by atomic mass is 16.6. The van der Waals surface area contributed by atoms with Crippen LogP contribution in [0.25, 0.3) is 0 Å². The number of benzene rings is 2. The maximum absolute atomic E-state index is 12.5. The Morgan fingerprint density at radius 2 is 1.51 bits per heavy atom. The molecule has 4 atom stereocenters. The fourth-order valence-corrected chi connectivity index (χ4v) is 4.12. The molecule has 1 aliphatic carbocycles. The second-order valence-electron chi connectivity index (χ2n) is 9.12. The number of hydrogen-bond acceptors (Lipinski definition) is 8. The molecule has 2 heterocycles. The maximum Gasteiger partial charge on any atom is 0.343 e. The normalized spacial score (nSPS) is 24.2. The zero-order valence-corrected chi connectivity index (χ0v) is 19.6. The van der Waals surface area contributed by atoms with Gasteiger partial charge in [0.05, 0.1) is 43.5 Å². The Hall–Kier alpha value is -2.94. The Kier molecular flexibility index (Phi) is 7.61. The highest BCUT2D eigenvalue weighted by molar-refractivity contribution is 5.91. The molecule has 186 valence electrons. The molecule has 0 aromatic heterocycles. The first-order valence-corrected chi connectivity index (χ1v) is 12.3. The van der Waals surface area contributed by atoms with E-state index in [-0.39, 0.29) is 18.0 Å². The van der Waals surface area contributed by atoms with Crippen molar-refractivity contribution in [3.05, 3.63) is 54.1 Å². The van der Waals surface area contributed by atoms with Gasteiger partial charge in [-0.1, -0.05) is 0 Å². The van der Waals surface area contributed by atoms with E-state index >= 15 is 0 Å². The van der Waals surface area contributed by atoms with Crippen molar-refractivity contribution in [1.82, 2.24) is 0 Å². The van der Waals surface area contributed by atoms with Gasteiger partial charge in [-0.15, -0.1) is 0 Å². The average Bonchev–Trinajstić information content (AvgIpc) is 3.80. The highest BCUT2D eigenvalue weighted by Gasteiger charge is 2.46. The van der Waals surface area contributed by atoms with Crippen LogP contribution in [0.5, 0.6) is 17.2 Å². The zero-order chi connectivity index (χ0) is 24.0. The minimum atomic E-state index is -0.473. The van der Waals surface area contributed by atoms with Crippen molar-refractivity contribution in [3.8, 4) is 17.2 Å². The van der Waals surface area contributed by atoms with E-state index in [1.54, 1.807) is 48.5 Å². The Morgan fingerprint density at radius 3 is 2.23 bits per heavy atom. The van der Waals surface area contributed by atoms with Crippen LogP contribution in [-0.2, 0) is 19.0 Å². The van der Waals surface area contributed by atoms with Crippen LogP contribution < -0.4 is 14.2 Å². The van der Waals surface area contributed by atoms with Crippen LogP contribution >= 0.6 is 0 Å². The molecule has 8 heteroatoms. The lowest BCUT2D eigenvalue weighted by Gasteiger charge is -2.17. The van der Waals surface area contributed by atoms with E-state index in [0.29, 0.717) is 54.8 Å². The molecular formula is C27H30O8. The summed E-state index contributed by atoms with van der Waals surface area (Å²) >= 11 is 0. The molecule has 0 N–H and O–H groups in total. The van der Waals surface area contributed by atoms with Crippen LogP contribution in [0.4, 0.5) is 0 Å². The first-order valence-electron chi connectivity index (χ1n) is 12.3. The van der Waals surface area contributed by atoms with E-state index in [1.807, 2.05) is 0 Å². The topological polar surface area (TPSA) is 96.1 Å². The Labute approximate surface area is 204 Å². The molecule has 3 fully saturated rings. The summed E-state index contributed by atoms with van der Waals surface area (Å²) in [6.45, 7) is 2.77. The molecule has 0 amide bonds. The van der Waals surface area contributed by atoms with Crippen molar-refractivity contribution in [1.29, 1.82) is 0 Å². The van der Waals surface area contributed by atoms with Gasteiger partial charge in [0.15, 0.2) is 0 Å². The van der Waals surface area contributed by atoms with E-state index < -0.39 is 5.97 Å². The van der Waals surface area contributed by atoms with Gasteiger partial charge in [0, 0.05) is 6.61 Å². The number of fused-ring (bicyclic) bond motifs is 1. The molecule has 2 aliphatic heterocycles. The molecule has 0 bridgehead atoms. The Balaban J connectivity index is 1.01. The fourth-order valence-electron chi connectivity index (χ4n) is 4.12. The van der Waals surface area contributed by atoms with Gasteiger partial charge in [-0.25, -0.2) is 4.79 Å². The number of epoxide rings is 2. The molecule has 4 unspecified atom stereocenters. The van der Waals surface area contributed by atoms with E-state index in [1.165, 1.54) is 0 Å². The van der Waals surface area contributed by atoms with Crippen LogP contribution in [0.15, 0.2) is 48.5 Å². The van der Waals surface area contributed by atoms with Crippen molar-refractivity contribution in [2.45, 2.75) is 50.4 Å². The van der Waals surface area contributed by atoms with Crippen molar-refractivity contribution in [2.75, 3.05) is 26.4 Å². The van der Waals surface area contributed by atoms with Crippen LogP contribution in [0.1, 0.15) is 42.5 Å². The first kappa shape index (κ1) is 23.8. The molecule has 3 aliphatic rings. The lowest BCUT2D eigenvalue weighted by atomic mass is 9.89. The average molecular weight is 483 g/mol. The summed E-state index contributed by atoms with van der Waals surface area (Å²) in [6, 6.07) is 13.3. The van der Waals surface area contributed by atoms with E-state index in [4.69, 9.17) is 28.4 Å². The summed E-state index contributed by atoms with van der Waals surface area (Å²) in [7, 11) is 0. The summed E-state index contributed by atoms with van der Waals surface area (Å²) < 4.78 is 32.7. The SMILES string of the molecule is O=C(Oc1ccc(OC(=O)C2CCC3OC3C2)cc1)c1ccc(OCCCCOCC2CO2)cc1. The molecule has 1 saturated carbocycles. The minimum Gasteiger partial charge on any atom is -0.494 e. The summed E-state index contributed by atoms with van der Waals surface area (Å²) in [5.74, 6) is 0.671. The summed E-state index contributed by atoms with van der Waals surface area (Å²) in [5.41, 5.74) is 0.418. The number of rotatable bonds is 12.